The van der Waals surface area contributed by atoms with Gasteiger partial charge in [-0.2, -0.15) is 0 Å². The van der Waals surface area contributed by atoms with Gasteiger partial charge < -0.3 is 10.6 Å². The molecular formula is C24H31N3O2. The Labute approximate surface area is 173 Å². The van der Waals surface area contributed by atoms with Gasteiger partial charge in [0.15, 0.2) is 0 Å². The number of nitrogens with one attached hydrogen (secondary N) is 2. The van der Waals surface area contributed by atoms with Gasteiger partial charge in [-0.05, 0) is 63.9 Å². The van der Waals surface area contributed by atoms with E-state index >= 15 is 0 Å². The molecule has 2 amide bonds. The molecule has 1 saturated heterocycles. The van der Waals surface area contributed by atoms with E-state index in [0.29, 0.717) is 6.54 Å². The quantitative estimate of drug-likeness (QED) is 0.784. The van der Waals surface area contributed by atoms with Crippen LogP contribution in [0.15, 0.2) is 48.5 Å². The van der Waals surface area contributed by atoms with E-state index in [1.54, 1.807) is 0 Å². The second-order valence-corrected chi connectivity index (χ2v) is 8.06. The number of likely N-dealkylation sites (tertiary alicyclic amines) is 1. The highest BCUT2D eigenvalue weighted by Gasteiger charge is 2.26. The summed E-state index contributed by atoms with van der Waals surface area (Å²) in [6.07, 6.45) is 1.56. The molecule has 0 saturated carbocycles. The van der Waals surface area contributed by atoms with Gasteiger partial charge in [-0.15, -0.1) is 0 Å². The lowest BCUT2D eigenvalue weighted by molar-refractivity contribution is -0.127. The van der Waals surface area contributed by atoms with Gasteiger partial charge in [0.2, 0.25) is 11.8 Å². The molecule has 2 aromatic carbocycles. The number of carbonyl (C=O) groups is 2. The van der Waals surface area contributed by atoms with Crippen molar-refractivity contribution in [3.05, 3.63) is 65.2 Å². The first-order valence-electron chi connectivity index (χ1n) is 10.4. The number of amides is 2. The van der Waals surface area contributed by atoms with Gasteiger partial charge in [-0.3, -0.25) is 14.5 Å². The molecule has 2 N–H and O–H groups in total. The first-order valence-corrected chi connectivity index (χ1v) is 10.4. The van der Waals surface area contributed by atoms with Crippen LogP contribution in [-0.4, -0.2) is 36.3 Å². The van der Waals surface area contributed by atoms with Crippen LogP contribution in [0.5, 0.6) is 0 Å². The van der Waals surface area contributed by atoms with Gasteiger partial charge in [-0.25, -0.2) is 0 Å². The second kappa shape index (κ2) is 9.70. The fraction of sp³-hybridized carbons (Fsp3) is 0.417. The Morgan fingerprint density at radius 2 is 1.76 bits per heavy atom. The lowest BCUT2D eigenvalue weighted by Crippen LogP contribution is -2.43. The van der Waals surface area contributed by atoms with Crippen LogP contribution < -0.4 is 10.6 Å². The first kappa shape index (κ1) is 21.1. The topological polar surface area (TPSA) is 61.4 Å². The molecular weight excluding hydrogens is 362 g/mol. The van der Waals surface area contributed by atoms with Crippen molar-refractivity contribution >= 4 is 17.5 Å². The van der Waals surface area contributed by atoms with Crippen molar-refractivity contribution in [1.29, 1.82) is 0 Å². The van der Waals surface area contributed by atoms with E-state index in [9.17, 15) is 9.59 Å². The van der Waals surface area contributed by atoms with E-state index in [2.05, 4.69) is 21.6 Å². The van der Waals surface area contributed by atoms with E-state index in [4.69, 9.17) is 0 Å². The number of piperidine rings is 1. The van der Waals surface area contributed by atoms with Crippen LogP contribution in [0.1, 0.15) is 42.5 Å². The maximum Gasteiger partial charge on any atom is 0.238 e. The number of hydrogen-bond donors (Lipinski definition) is 2. The summed E-state index contributed by atoms with van der Waals surface area (Å²) in [4.78, 5) is 27.1. The molecule has 0 bridgehead atoms. The lowest BCUT2D eigenvalue weighted by Gasteiger charge is -2.31. The smallest absolute Gasteiger partial charge is 0.238 e. The third-order valence-corrected chi connectivity index (χ3v) is 5.64. The van der Waals surface area contributed by atoms with Crippen LogP contribution >= 0.6 is 0 Å². The number of anilines is 1. The third-order valence-electron chi connectivity index (χ3n) is 5.64. The van der Waals surface area contributed by atoms with Gasteiger partial charge >= 0.3 is 0 Å². The highest BCUT2D eigenvalue weighted by Crippen LogP contribution is 2.20. The van der Waals surface area contributed by atoms with E-state index < -0.39 is 0 Å². The summed E-state index contributed by atoms with van der Waals surface area (Å²) >= 11 is 0. The fourth-order valence-corrected chi connectivity index (χ4v) is 3.86. The largest absolute Gasteiger partial charge is 0.349 e. The summed E-state index contributed by atoms with van der Waals surface area (Å²) < 4.78 is 0. The average molecular weight is 394 g/mol. The van der Waals surface area contributed by atoms with Gasteiger partial charge in [-0.1, -0.05) is 48.0 Å². The predicted octanol–water partition coefficient (Wildman–Crippen LogP) is 3.83. The van der Waals surface area contributed by atoms with Gasteiger partial charge in [0.05, 0.1) is 12.6 Å². The molecule has 1 heterocycles. The molecule has 1 unspecified atom stereocenters. The average Bonchev–Trinajstić information content (AvgIpc) is 2.71. The van der Waals surface area contributed by atoms with Crippen LogP contribution in [0.25, 0.3) is 0 Å². The monoisotopic (exact) mass is 393 g/mol. The Bertz CT molecular complexity index is 842. The van der Waals surface area contributed by atoms with E-state index in [1.807, 2.05) is 63.2 Å². The van der Waals surface area contributed by atoms with Gasteiger partial charge in [0, 0.05) is 11.6 Å². The van der Waals surface area contributed by atoms with E-state index in [0.717, 1.165) is 42.7 Å². The van der Waals surface area contributed by atoms with Crippen molar-refractivity contribution < 1.29 is 9.59 Å². The lowest BCUT2D eigenvalue weighted by atomic mass is 9.95. The summed E-state index contributed by atoms with van der Waals surface area (Å²) in [6, 6.07) is 16.0. The van der Waals surface area contributed by atoms with Crippen LogP contribution in [0, 0.1) is 19.8 Å². The van der Waals surface area contributed by atoms with Crippen LogP contribution in [0.2, 0.25) is 0 Å². The number of aryl methyl sites for hydroxylation is 2. The predicted molar refractivity (Wildman–Crippen MR) is 117 cm³/mol. The maximum atomic E-state index is 12.6. The minimum Gasteiger partial charge on any atom is -0.349 e. The standard InChI is InChI=1S/C24H31N3O2/c1-17-9-10-22(18(2)15-17)26-23(28)16-27-13-11-21(12-14-27)24(29)25-19(3)20-7-5-4-6-8-20/h4-10,15,19,21H,11-14,16H2,1-3H3,(H,25,29)(H,26,28). The van der Waals surface area contributed by atoms with E-state index in [1.165, 1.54) is 5.56 Å². The maximum absolute atomic E-state index is 12.6. The Kier molecular flexibility index (Phi) is 7.04. The molecule has 5 heteroatoms. The van der Waals surface area contributed by atoms with Crippen LogP contribution in [-0.2, 0) is 9.59 Å². The Morgan fingerprint density at radius 3 is 2.41 bits per heavy atom. The summed E-state index contributed by atoms with van der Waals surface area (Å²) in [6.45, 7) is 7.95. The molecule has 29 heavy (non-hydrogen) atoms. The van der Waals surface area contributed by atoms with Crippen molar-refractivity contribution in [2.75, 3.05) is 25.0 Å². The third kappa shape index (κ3) is 5.91. The molecule has 5 nitrogen and oxygen atoms in total. The zero-order valence-corrected chi connectivity index (χ0v) is 17.6. The zero-order chi connectivity index (χ0) is 20.8. The number of rotatable bonds is 6. The first-order chi connectivity index (χ1) is 13.9. The van der Waals surface area contributed by atoms with Gasteiger partial charge in [0.1, 0.15) is 0 Å². The van der Waals surface area contributed by atoms with Crippen LogP contribution in [0.4, 0.5) is 5.69 Å². The van der Waals surface area contributed by atoms with Crippen molar-refractivity contribution in [3.63, 3.8) is 0 Å². The molecule has 1 fully saturated rings. The molecule has 1 aliphatic heterocycles. The van der Waals surface area contributed by atoms with E-state index in [-0.39, 0.29) is 23.8 Å². The molecule has 0 radical (unpaired) electrons. The van der Waals surface area contributed by atoms with Crippen molar-refractivity contribution in [1.82, 2.24) is 10.2 Å². The highest BCUT2D eigenvalue weighted by atomic mass is 16.2. The fourth-order valence-electron chi connectivity index (χ4n) is 3.86. The van der Waals surface area contributed by atoms with Gasteiger partial charge in [0.25, 0.3) is 0 Å². The zero-order valence-electron chi connectivity index (χ0n) is 17.6. The SMILES string of the molecule is Cc1ccc(NC(=O)CN2CCC(C(=O)NC(C)c3ccccc3)CC2)c(C)c1. The molecule has 0 spiro atoms. The number of hydrogen-bond acceptors (Lipinski definition) is 3. The number of carbonyl (C=O) groups excluding carboxylic acids is 2. The normalized spacial score (nSPS) is 16.2. The van der Waals surface area contributed by atoms with Crippen molar-refractivity contribution in [2.24, 2.45) is 5.92 Å². The minimum absolute atomic E-state index is 0.00226. The Morgan fingerprint density at radius 1 is 1.07 bits per heavy atom. The summed E-state index contributed by atoms with van der Waals surface area (Å²) in [5.41, 5.74) is 4.23. The number of nitrogens with zero attached hydrogens (tertiary/aromatic N) is 1. The van der Waals surface area contributed by atoms with Crippen LogP contribution in [0.3, 0.4) is 0 Å². The molecule has 1 aliphatic rings. The van der Waals surface area contributed by atoms with Crippen molar-refractivity contribution in [3.8, 4) is 0 Å². The molecule has 154 valence electrons. The number of benzene rings is 2. The molecule has 0 aromatic heterocycles. The highest BCUT2D eigenvalue weighted by molar-refractivity contribution is 5.93. The summed E-state index contributed by atoms with van der Waals surface area (Å²) in [5.74, 6) is 0.123. The molecule has 1 atom stereocenters. The summed E-state index contributed by atoms with van der Waals surface area (Å²) in [5, 5.41) is 6.13. The Balaban J connectivity index is 1.44. The summed E-state index contributed by atoms with van der Waals surface area (Å²) in [7, 11) is 0. The van der Waals surface area contributed by atoms with Crippen molar-refractivity contribution in [2.45, 2.75) is 39.7 Å². The minimum atomic E-state index is -0.00226. The Hall–Kier alpha value is -2.66. The molecule has 3 rings (SSSR count). The molecule has 2 aromatic rings. The second-order valence-electron chi connectivity index (χ2n) is 8.06. The molecule has 0 aliphatic carbocycles.